The SMILES string of the molecule is Cc1c(NS(=O)(=O)c2ccc(Cl)c3nonc23)cccc1C(F)(F)F. The molecule has 1 heterocycles. The second-order valence-electron chi connectivity index (χ2n) is 5.09. The summed E-state index contributed by atoms with van der Waals surface area (Å²) in [6.07, 6.45) is -4.60. The predicted molar refractivity (Wildman–Crippen MR) is 83.8 cm³/mol. The zero-order chi connectivity index (χ0) is 18.4. The maximum Gasteiger partial charge on any atom is 0.416 e. The highest BCUT2D eigenvalue weighted by atomic mass is 35.5. The van der Waals surface area contributed by atoms with Crippen molar-refractivity contribution in [2.24, 2.45) is 0 Å². The van der Waals surface area contributed by atoms with Crippen LogP contribution in [0.15, 0.2) is 39.9 Å². The van der Waals surface area contributed by atoms with Crippen LogP contribution in [-0.4, -0.2) is 18.7 Å². The number of halogens is 4. The van der Waals surface area contributed by atoms with E-state index in [1.165, 1.54) is 25.1 Å². The van der Waals surface area contributed by atoms with Gasteiger partial charge in [0.05, 0.1) is 16.3 Å². The first-order valence-electron chi connectivity index (χ1n) is 6.71. The quantitative estimate of drug-likeness (QED) is 0.729. The number of benzene rings is 2. The van der Waals surface area contributed by atoms with Crippen LogP contribution in [0.4, 0.5) is 18.9 Å². The summed E-state index contributed by atoms with van der Waals surface area (Å²) in [5.41, 5.74) is -1.47. The summed E-state index contributed by atoms with van der Waals surface area (Å²) in [5, 5.41) is 7.13. The van der Waals surface area contributed by atoms with Crippen molar-refractivity contribution in [1.82, 2.24) is 10.3 Å². The number of nitrogens with zero attached hydrogens (tertiary/aromatic N) is 2. The van der Waals surface area contributed by atoms with E-state index in [0.29, 0.717) is 0 Å². The lowest BCUT2D eigenvalue weighted by Gasteiger charge is -2.15. The molecule has 0 aliphatic rings. The second-order valence-corrected chi connectivity index (χ2v) is 7.15. The van der Waals surface area contributed by atoms with Gasteiger partial charge in [-0.3, -0.25) is 4.72 Å². The Bertz CT molecular complexity index is 1060. The van der Waals surface area contributed by atoms with Crippen LogP contribution < -0.4 is 4.72 Å². The molecule has 132 valence electrons. The van der Waals surface area contributed by atoms with Gasteiger partial charge in [0.15, 0.2) is 11.0 Å². The number of sulfonamides is 1. The Morgan fingerprint density at radius 2 is 1.80 bits per heavy atom. The van der Waals surface area contributed by atoms with E-state index < -0.39 is 21.8 Å². The summed E-state index contributed by atoms with van der Waals surface area (Å²) in [4.78, 5) is -0.315. The lowest BCUT2D eigenvalue weighted by atomic mass is 10.1. The summed E-state index contributed by atoms with van der Waals surface area (Å²) in [6.45, 7) is 1.18. The van der Waals surface area contributed by atoms with E-state index in [1.54, 1.807) is 0 Å². The highest BCUT2D eigenvalue weighted by Crippen LogP contribution is 2.35. The van der Waals surface area contributed by atoms with E-state index in [9.17, 15) is 21.6 Å². The minimum atomic E-state index is -4.60. The number of alkyl halides is 3. The smallest absolute Gasteiger partial charge is 0.279 e. The topological polar surface area (TPSA) is 85.1 Å². The molecule has 0 saturated heterocycles. The first-order valence-corrected chi connectivity index (χ1v) is 8.58. The zero-order valence-corrected chi connectivity index (χ0v) is 14.0. The van der Waals surface area contributed by atoms with Gasteiger partial charge in [0, 0.05) is 0 Å². The van der Waals surface area contributed by atoms with Crippen LogP contribution in [0, 0.1) is 6.92 Å². The molecule has 6 nitrogen and oxygen atoms in total. The Morgan fingerprint density at radius 3 is 2.48 bits per heavy atom. The summed E-state index contributed by atoms with van der Waals surface area (Å²) in [7, 11) is -4.25. The molecular weight excluding hydrogens is 383 g/mol. The summed E-state index contributed by atoms with van der Waals surface area (Å²) < 4.78 is 70.7. The maximum atomic E-state index is 13.0. The van der Waals surface area contributed by atoms with Crippen LogP contribution in [0.5, 0.6) is 0 Å². The van der Waals surface area contributed by atoms with Crippen molar-refractivity contribution in [3.63, 3.8) is 0 Å². The summed E-state index contributed by atoms with van der Waals surface area (Å²) in [5.74, 6) is 0. The minimum absolute atomic E-state index is 0.0327. The van der Waals surface area contributed by atoms with Crippen molar-refractivity contribution in [1.29, 1.82) is 0 Å². The Kier molecular flexibility index (Phi) is 4.12. The molecule has 0 aliphatic carbocycles. The van der Waals surface area contributed by atoms with Crippen molar-refractivity contribution in [2.45, 2.75) is 18.0 Å². The van der Waals surface area contributed by atoms with Crippen LogP contribution in [0.3, 0.4) is 0 Å². The monoisotopic (exact) mass is 391 g/mol. The van der Waals surface area contributed by atoms with Gasteiger partial charge in [-0.05, 0) is 47.1 Å². The minimum Gasteiger partial charge on any atom is -0.279 e. The Morgan fingerprint density at radius 1 is 1.12 bits per heavy atom. The molecule has 11 heteroatoms. The number of rotatable bonds is 3. The molecule has 1 aromatic heterocycles. The lowest BCUT2D eigenvalue weighted by Crippen LogP contribution is -2.16. The van der Waals surface area contributed by atoms with Crippen LogP contribution in [-0.2, 0) is 16.2 Å². The summed E-state index contributed by atoms with van der Waals surface area (Å²) in [6, 6.07) is 5.66. The molecule has 0 spiro atoms. The fourth-order valence-electron chi connectivity index (χ4n) is 2.28. The molecule has 2 aromatic carbocycles. The highest BCUT2D eigenvalue weighted by molar-refractivity contribution is 7.93. The largest absolute Gasteiger partial charge is 0.416 e. The van der Waals surface area contributed by atoms with E-state index >= 15 is 0 Å². The Balaban J connectivity index is 2.08. The molecule has 0 unspecified atom stereocenters. The van der Waals surface area contributed by atoms with Gasteiger partial charge in [-0.25, -0.2) is 13.0 Å². The van der Waals surface area contributed by atoms with Gasteiger partial charge >= 0.3 is 6.18 Å². The van der Waals surface area contributed by atoms with Crippen LogP contribution in [0.25, 0.3) is 11.0 Å². The third kappa shape index (κ3) is 3.14. The average Bonchev–Trinajstić information content (AvgIpc) is 2.98. The normalized spacial score (nSPS) is 12.5. The van der Waals surface area contributed by atoms with Crippen molar-refractivity contribution in [2.75, 3.05) is 4.72 Å². The molecule has 0 radical (unpaired) electrons. The molecule has 1 N–H and O–H groups in total. The van der Waals surface area contributed by atoms with E-state index in [-0.39, 0.29) is 32.2 Å². The van der Waals surface area contributed by atoms with Crippen molar-refractivity contribution in [3.8, 4) is 0 Å². The van der Waals surface area contributed by atoms with Crippen molar-refractivity contribution < 1.29 is 26.2 Å². The van der Waals surface area contributed by atoms with E-state index in [2.05, 4.69) is 19.7 Å². The van der Waals surface area contributed by atoms with Gasteiger partial charge in [-0.2, -0.15) is 13.2 Å². The van der Waals surface area contributed by atoms with Crippen LogP contribution in [0.2, 0.25) is 5.02 Å². The first kappa shape index (κ1) is 17.5. The number of hydrogen-bond acceptors (Lipinski definition) is 5. The molecular formula is C14H9ClF3N3O3S. The average molecular weight is 392 g/mol. The number of fused-ring (bicyclic) bond motifs is 1. The van der Waals surface area contributed by atoms with Crippen LogP contribution in [0.1, 0.15) is 11.1 Å². The Hall–Kier alpha value is -2.33. The first-order chi connectivity index (χ1) is 11.6. The van der Waals surface area contributed by atoms with E-state index in [4.69, 9.17) is 11.6 Å². The number of nitrogens with one attached hydrogen (secondary N) is 1. The standard InChI is InChI=1S/C14H9ClF3N3O3S/c1-7-8(14(16,17)18)3-2-4-10(7)21-25(22,23)11-6-5-9(15)12-13(11)20-24-19-12/h2-6,21H,1H3. The molecule has 0 atom stereocenters. The molecule has 3 aromatic rings. The van der Waals surface area contributed by atoms with Gasteiger partial charge in [0.1, 0.15) is 4.90 Å². The lowest BCUT2D eigenvalue weighted by molar-refractivity contribution is -0.138. The third-order valence-electron chi connectivity index (χ3n) is 3.50. The number of aromatic nitrogens is 2. The zero-order valence-electron chi connectivity index (χ0n) is 12.4. The molecule has 0 bridgehead atoms. The Labute approximate surface area is 144 Å². The predicted octanol–water partition coefficient (Wildman–Crippen LogP) is 4.00. The van der Waals surface area contributed by atoms with Crippen LogP contribution >= 0.6 is 11.6 Å². The van der Waals surface area contributed by atoms with Crippen molar-refractivity contribution in [3.05, 3.63) is 46.5 Å². The molecule has 0 aliphatic heterocycles. The molecule has 25 heavy (non-hydrogen) atoms. The van der Waals surface area contributed by atoms with Gasteiger partial charge in [-0.1, -0.05) is 17.7 Å². The maximum absolute atomic E-state index is 13.0. The molecule has 3 rings (SSSR count). The van der Waals surface area contributed by atoms with E-state index in [0.717, 1.165) is 12.1 Å². The highest BCUT2D eigenvalue weighted by Gasteiger charge is 2.33. The van der Waals surface area contributed by atoms with E-state index in [1.807, 2.05) is 0 Å². The molecule has 0 amide bonds. The van der Waals surface area contributed by atoms with Gasteiger partial charge in [0.25, 0.3) is 10.0 Å². The fourth-order valence-corrected chi connectivity index (χ4v) is 3.73. The number of hydrogen-bond donors (Lipinski definition) is 1. The van der Waals surface area contributed by atoms with Crippen molar-refractivity contribution >= 4 is 38.3 Å². The second kappa shape index (κ2) is 5.88. The number of anilines is 1. The van der Waals surface area contributed by atoms with Gasteiger partial charge in [0.2, 0.25) is 0 Å². The fraction of sp³-hybridized carbons (Fsp3) is 0.143. The van der Waals surface area contributed by atoms with Gasteiger partial charge < -0.3 is 0 Å². The summed E-state index contributed by atoms with van der Waals surface area (Å²) >= 11 is 5.87. The molecule has 0 saturated carbocycles. The van der Waals surface area contributed by atoms with Gasteiger partial charge in [-0.15, -0.1) is 0 Å². The molecule has 0 fully saturated rings. The third-order valence-corrected chi connectivity index (χ3v) is 5.20.